The van der Waals surface area contributed by atoms with E-state index in [0.29, 0.717) is 22.2 Å². The van der Waals surface area contributed by atoms with Crippen LogP contribution in [0.4, 0.5) is 5.82 Å². The van der Waals surface area contributed by atoms with Crippen LogP contribution in [0.25, 0.3) is 16.9 Å². The van der Waals surface area contributed by atoms with Crippen LogP contribution in [0.15, 0.2) is 48.7 Å². The fourth-order valence-electron chi connectivity index (χ4n) is 2.10. The third-order valence-electron chi connectivity index (χ3n) is 3.09. The van der Waals surface area contributed by atoms with Crippen molar-refractivity contribution in [1.82, 2.24) is 9.38 Å². The monoisotopic (exact) mass is 353 g/mol. The second kappa shape index (κ2) is 6.16. The van der Waals surface area contributed by atoms with Crippen LogP contribution in [0, 0.1) is 0 Å². The number of pyridine rings is 1. The van der Waals surface area contributed by atoms with Crippen molar-refractivity contribution in [3.63, 3.8) is 0 Å². The van der Waals surface area contributed by atoms with Crippen molar-refractivity contribution in [2.24, 2.45) is 0 Å². The Labute approximate surface area is 141 Å². The predicted octanol–water partition coefficient (Wildman–Crippen LogP) is 4.40. The molecule has 112 valence electrons. The van der Waals surface area contributed by atoms with Gasteiger partial charge in [-0.2, -0.15) is 0 Å². The summed E-state index contributed by atoms with van der Waals surface area (Å²) in [6, 6.07) is 12.7. The van der Waals surface area contributed by atoms with Crippen molar-refractivity contribution in [1.29, 1.82) is 0 Å². The number of hydrogen-bond donors (Lipinski definition) is 1. The third kappa shape index (κ3) is 2.90. The molecule has 0 spiro atoms. The Morgan fingerprint density at radius 3 is 2.55 bits per heavy atom. The van der Waals surface area contributed by atoms with Gasteiger partial charge < -0.3 is 5.32 Å². The molecule has 0 saturated carbocycles. The lowest BCUT2D eigenvalue weighted by Gasteiger charge is -2.08. The smallest absolute Gasteiger partial charge is 0.258 e. The summed E-state index contributed by atoms with van der Waals surface area (Å²) in [5, 5.41) is 3.34. The van der Waals surface area contributed by atoms with Crippen LogP contribution in [-0.2, 0) is 4.79 Å². The summed E-state index contributed by atoms with van der Waals surface area (Å²) in [5.41, 5.74) is 2.14. The Morgan fingerprint density at radius 1 is 1.14 bits per heavy atom. The summed E-state index contributed by atoms with van der Waals surface area (Å²) in [7, 11) is 0. The van der Waals surface area contributed by atoms with Gasteiger partial charge in [0.25, 0.3) is 5.91 Å². The SMILES string of the molecule is O=C(Nc1c(-c2ccc(Cl)cc2)nc2ccccn12)C(Cl)Cl. The maximum absolute atomic E-state index is 11.9. The Balaban J connectivity index is 2.16. The lowest BCUT2D eigenvalue weighted by atomic mass is 10.1. The number of amides is 1. The number of benzene rings is 1. The molecule has 0 aliphatic heterocycles. The molecular weight excluding hydrogens is 345 g/mol. The fourth-order valence-corrected chi connectivity index (χ4v) is 2.33. The molecule has 0 radical (unpaired) electrons. The second-order valence-electron chi connectivity index (χ2n) is 4.53. The van der Waals surface area contributed by atoms with Gasteiger partial charge in [-0.05, 0) is 24.3 Å². The normalized spacial score (nSPS) is 11.1. The number of alkyl halides is 2. The zero-order valence-corrected chi connectivity index (χ0v) is 13.4. The highest BCUT2D eigenvalue weighted by atomic mass is 35.5. The zero-order valence-electron chi connectivity index (χ0n) is 11.1. The Morgan fingerprint density at radius 2 is 1.86 bits per heavy atom. The zero-order chi connectivity index (χ0) is 15.7. The maximum Gasteiger partial charge on any atom is 0.258 e. The van der Waals surface area contributed by atoms with Crippen LogP contribution in [0.5, 0.6) is 0 Å². The number of carbonyl (C=O) groups excluding carboxylic acids is 1. The lowest BCUT2D eigenvalue weighted by molar-refractivity contribution is -0.114. The number of anilines is 1. The van der Waals surface area contributed by atoms with E-state index in [-0.39, 0.29) is 0 Å². The van der Waals surface area contributed by atoms with E-state index in [1.807, 2.05) is 30.3 Å². The number of hydrogen-bond acceptors (Lipinski definition) is 2. The van der Waals surface area contributed by atoms with E-state index in [1.54, 1.807) is 22.7 Å². The number of nitrogens with zero attached hydrogens (tertiary/aromatic N) is 2. The fraction of sp³-hybridized carbons (Fsp3) is 0.0667. The van der Waals surface area contributed by atoms with E-state index in [2.05, 4.69) is 10.3 Å². The molecule has 0 bridgehead atoms. The Kier molecular flexibility index (Phi) is 4.25. The van der Waals surface area contributed by atoms with Gasteiger partial charge in [0.2, 0.25) is 0 Å². The standard InChI is InChI=1S/C15H10Cl3N3O/c16-10-6-4-9(5-7-10)12-14(20-15(22)13(17)18)21-8-2-1-3-11(21)19-12/h1-8,13H,(H,20,22). The summed E-state index contributed by atoms with van der Waals surface area (Å²) in [5.74, 6) is -0.00146. The summed E-state index contributed by atoms with van der Waals surface area (Å²) < 4.78 is 1.76. The van der Waals surface area contributed by atoms with E-state index in [0.717, 1.165) is 5.56 Å². The van der Waals surface area contributed by atoms with Crippen LogP contribution in [0.3, 0.4) is 0 Å². The topological polar surface area (TPSA) is 46.4 Å². The third-order valence-corrected chi connectivity index (χ3v) is 3.74. The van der Waals surface area contributed by atoms with E-state index < -0.39 is 10.7 Å². The van der Waals surface area contributed by atoms with Gasteiger partial charge in [0.15, 0.2) is 4.84 Å². The minimum absolute atomic E-state index is 0.509. The van der Waals surface area contributed by atoms with Gasteiger partial charge in [0, 0.05) is 16.8 Å². The van der Waals surface area contributed by atoms with Gasteiger partial charge >= 0.3 is 0 Å². The summed E-state index contributed by atoms with van der Waals surface area (Å²) in [6.45, 7) is 0. The van der Waals surface area contributed by atoms with E-state index in [1.165, 1.54) is 0 Å². The van der Waals surface area contributed by atoms with Crippen molar-refractivity contribution in [3.8, 4) is 11.3 Å². The summed E-state index contributed by atoms with van der Waals surface area (Å²) in [4.78, 5) is 15.2. The molecule has 7 heteroatoms. The number of rotatable bonds is 3. The van der Waals surface area contributed by atoms with Crippen LogP contribution < -0.4 is 5.32 Å². The van der Waals surface area contributed by atoms with Gasteiger partial charge in [-0.15, -0.1) is 0 Å². The number of fused-ring (bicyclic) bond motifs is 1. The molecule has 4 nitrogen and oxygen atoms in total. The molecule has 0 fully saturated rings. The highest BCUT2D eigenvalue weighted by Gasteiger charge is 2.19. The maximum atomic E-state index is 11.9. The number of halogens is 3. The molecule has 0 atom stereocenters. The van der Waals surface area contributed by atoms with Crippen molar-refractivity contribution < 1.29 is 4.79 Å². The minimum Gasteiger partial charge on any atom is -0.308 e. The first-order valence-corrected chi connectivity index (χ1v) is 7.63. The average molecular weight is 355 g/mol. The van der Waals surface area contributed by atoms with Gasteiger partial charge in [0.1, 0.15) is 17.2 Å². The molecule has 3 rings (SSSR count). The summed E-state index contributed by atoms with van der Waals surface area (Å²) >= 11 is 17.2. The van der Waals surface area contributed by atoms with Gasteiger partial charge in [0.05, 0.1) is 0 Å². The second-order valence-corrected chi connectivity index (χ2v) is 6.07. The molecule has 0 saturated heterocycles. The first kappa shape index (κ1) is 15.2. The first-order valence-electron chi connectivity index (χ1n) is 6.38. The molecule has 2 aromatic heterocycles. The molecule has 1 aromatic carbocycles. The largest absolute Gasteiger partial charge is 0.308 e. The minimum atomic E-state index is -1.16. The lowest BCUT2D eigenvalue weighted by Crippen LogP contribution is -2.20. The van der Waals surface area contributed by atoms with Crippen LogP contribution >= 0.6 is 34.8 Å². The number of carbonyl (C=O) groups is 1. The van der Waals surface area contributed by atoms with E-state index >= 15 is 0 Å². The van der Waals surface area contributed by atoms with Crippen LogP contribution in [0.1, 0.15) is 0 Å². The molecule has 2 heterocycles. The number of aromatic nitrogens is 2. The molecule has 0 aliphatic carbocycles. The number of nitrogens with one attached hydrogen (secondary N) is 1. The first-order chi connectivity index (χ1) is 10.6. The van der Waals surface area contributed by atoms with Crippen molar-refractivity contribution in [2.75, 3.05) is 5.32 Å². The average Bonchev–Trinajstić information content (AvgIpc) is 2.87. The van der Waals surface area contributed by atoms with Crippen LogP contribution in [-0.4, -0.2) is 20.1 Å². The molecule has 1 N–H and O–H groups in total. The molecule has 0 aliphatic rings. The van der Waals surface area contributed by atoms with Crippen molar-refractivity contribution >= 4 is 52.2 Å². The van der Waals surface area contributed by atoms with Crippen molar-refractivity contribution in [2.45, 2.75) is 4.84 Å². The molecule has 0 unspecified atom stereocenters. The molecule has 22 heavy (non-hydrogen) atoms. The highest BCUT2D eigenvalue weighted by molar-refractivity contribution is 6.54. The van der Waals surface area contributed by atoms with Gasteiger partial charge in [-0.25, -0.2) is 4.98 Å². The molecule has 3 aromatic rings. The highest BCUT2D eigenvalue weighted by Crippen LogP contribution is 2.30. The van der Waals surface area contributed by atoms with Gasteiger partial charge in [-0.1, -0.05) is 53.0 Å². The van der Waals surface area contributed by atoms with Gasteiger partial charge in [-0.3, -0.25) is 9.20 Å². The van der Waals surface area contributed by atoms with E-state index in [9.17, 15) is 4.79 Å². The number of imidazole rings is 1. The molecular formula is C15H10Cl3N3O. The van der Waals surface area contributed by atoms with Crippen molar-refractivity contribution in [3.05, 3.63) is 53.7 Å². The molecule has 1 amide bonds. The Bertz CT molecular complexity index is 828. The predicted molar refractivity (Wildman–Crippen MR) is 89.8 cm³/mol. The summed E-state index contributed by atoms with van der Waals surface area (Å²) in [6.07, 6.45) is 1.80. The van der Waals surface area contributed by atoms with Crippen LogP contribution in [0.2, 0.25) is 5.02 Å². The van der Waals surface area contributed by atoms with E-state index in [4.69, 9.17) is 34.8 Å². The quantitative estimate of drug-likeness (QED) is 0.709. The Hall–Kier alpha value is -1.75.